The molecule has 2 rings (SSSR count). The summed E-state index contributed by atoms with van der Waals surface area (Å²) in [6, 6.07) is 10.7. The van der Waals surface area contributed by atoms with Crippen LogP contribution >= 0.6 is 11.6 Å². The van der Waals surface area contributed by atoms with Crippen LogP contribution < -0.4 is 10.5 Å². The van der Waals surface area contributed by atoms with Crippen molar-refractivity contribution in [3.63, 3.8) is 0 Å². The van der Waals surface area contributed by atoms with Gasteiger partial charge in [-0.05, 0) is 54.8 Å². The highest BCUT2D eigenvalue weighted by molar-refractivity contribution is 7.89. The molecule has 0 aromatic heterocycles. The van der Waals surface area contributed by atoms with Gasteiger partial charge in [-0.25, -0.2) is 13.6 Å². The zero-order valence-corrected chi connectivity index (χ0v) is 13.4. The molecule has 2 aromatic carbocycles. The molecule has 0 heterocycles. The number of nitrogens with two attached hydrogens (primary N) is 1. The summed E-state index contributed by atoms with van der Waals surface area (Å²) in [7, 11) is -3.71. The number of hydrogen-bond acceptors (Lipinski definition) is 3. The highest BCUT2D eigenvalue weighted by atomic mass is 35.5. The summed E-state index contributed by atoms with van der Waals surface area (Å²) < 4.78 is 23.0. The summed E-state index contributed by atoms with van der Waals surface area (Å²) in [6.07, 6.45) is 0. The van der Waals surface area contributed by atoms with Gasteiger partial charge in [0.05, 0.1) is 4.90 Å². The Morgan fingerprint density at radius 3 is 2.52 bits per heavy atom. The molecule has 0 saturated carbocycles. The average Bonchev–Trinajstić information content (AvgIpc) is 2.38. The van der Waals surface area contributed by atoms with Crippen molar-refractivity contribution in [1.29, 1.82) is 0 Å². The predicted octanol–water partition coefficient (Wildman–Crippen LogP) is 3.22. The number of sulfonamides is 1. The van der Waals surface area contributed by atoms with Crippen molar-refractivity contribution in [3.8, 4) is 0 Å². The van der Waals surface area contributed by atoms with Crippen LogP contribution in [0.5, 0.6) is 0 Å². The monoisotopic (exact) mass is 324 g/mol. The molecule has 0 amide bonds. The van der Waals surface area contributed by atoms with Gasteiger partial charge in [0.25, 0.3) is 0 Å². The van der Waals surface area contributed by atoms with Crippen molar-refractivity contribution in [3.05, 3.63) is 58.1 Å². The van der Waals surface area contributed by atoms with Crippen molar-refractivity contribution >= 4 is 27.3 Å². The van der Waals surface area contributed by atoms with E-state index in [1.165, 1.54) is 6.07 Å². The Kier molecular flexibility index (Phi) is 4.56. The van der Waals surface area contributed by atoms with Crippen molar-refractivity contribution < 1.29 is 8.42 Å². The number of anilines is 1. The third-order valence-corrected chi connectivity index (χ3v) is 4.65. The Morgan fingerprint density at radius 1 is 1.19 bits per heavy atom. The van der Waals surface area contributed by atoms with Crippen LogP contribution in [0.4, 0.5) is 5.69 Å². The Morgan fingerprint density at radius 2 is 1.90 bits per heavy atom. The van der Waals surface area contributed by atoms with Gasteiger partial charge in [0.15, 0.2) is 0 Å². The molecule has 0 radical (unpaired) electrons. The summed E-state index contributed by atoms with van der Waals surface area (Å²) in [6.45, 7) is 4.30. The zero-order valence-electron chi connectivity index (χ0n) is 11.9. The van der Waals surface area contributed by atoms with Crippen LogP contribution in [0.1, 0.15) is 16.7 Å². The highest BCUT2D eigenvalue weighted by Gasteiger charge is 2.13. The number of hydrogen-bond donors (Lipinski definition) is 2. The highest BCUT2D eigenvalue weighted by Crippen LogP contribution is 2.23. The van der Waals surface area contributed by atoms with E-state index in [4.69, 9.17) is 16.7 Å². The lowest BCUT2D eigenvalue weighted by molar-refractivity contribution is 0.597. The molecule has 0 atom stereocenters. The Balaban J connectivity index is 2.25. The molecule has 0 spiro atoms. The van der Waals surface area contributed by atoms with Gasteiger partial charge in [-0.1, -0.05) is 23.7 Å². The van der Waals surface area contributed by atoms with E-state index in [1.807, 2.05) is 31.2 Å². The standard InChI is InChI=1S/C15H17ClN2O2S/c1-10-8-13(16)7-6-12(10)9-18-14-4-3-5-15(11(14)2)21(17,19)20/h3-8,18H,9H2,1-2H3,(H2,17,19,20). The number of rotatable bonds is 4. The molecule has 0 aliphatic heterocycles. The SMILES string of the molecule is Cc1cc(Cl)ccc1CNc1cccc(S(N)(=O)=O)c1C. The fourth-order valence-electron chi connectivity index (χ4n) is 2.16. The predicted molar refractivity (Wildman–Crippen MR) is 86.1 cm³/mol. The second kappa shape index (κ2) is 6.05. The number of benzene rings is 2. The van der Waals surface area contributed by atoms with Crippen LogP contribution in [0.3, 0.4) is 0 Å². The average molecular weight is 325 g/mol. The topological polar surface area (TPSA) is 72.2 Å². The third-order valence-electron chi connectivity index (χ3n) is 3.36. The molecule has 0 aliphatic carbocycles. The molecule has 0 bridgehead atoms. The first kappa shape index (κ1) is 15.8. The van der Waals surface area contributed by atoms with Crippen molar-refractivity contribution in [2.24, 2.45) is 5.14 Å². The second-order valence-electron chi connectivity index (χ2n) is 4.90. The van der Waals surface area contributed by atoms with Crippen LogP contribution in [0, 0.1) is 13.8 Å². The molecule has 4 nitrogen and oxygen atoms in total. The zero-order chi connectivity index (χ0) is 15.6. The molecule has 21 heavy (non-hydrogen) atoms. The minimum Gasteiger partial charge on any atom is -0.381 e. The second-order valence-corrected chi connectivity index (χ2v) is 6.86. The van der Waals surface area contributed by atoms with E-state index >= 15 is 0 Å². The maximum absolute atomic E-state index is 11.5. The van der Waals surface area contributed by atoms with Crippen LogP contribution in [0.2, 0.25) is 5.02 Å². The molecule has 112 valence electrons. The lowest BCUT2D eigenvalue weighted by atomic mass is 10.1. The van der Waals surface area contributed by atoms with E-state index in [9.17, 15) is 8.42 Å². The Labute approximate surface area is 130 Å². The summed E-state index contributed by atoms with van der Waals surface area (Å²) >= 11 is 5.93. The van der Waals surface area contributed by atoms with Gasteiger partial charge in [0, 0.05) is 17.3 Å². The van der Waals surface area contributed by atoms with Crippen LogP contribution in [0.25, 0.3) is 0 Å². The summed E-state index contributed by atoms with van der Waals surface area (Å²) in [4.78, 5) is 0.139. The van der Waals surface area contributed by atoms with Crippen LogP contribution in [-0.4, -0.2) is 8.42 Å². The maximum Gasteiger partial charge on any atom is 0.238 e. The molecule has 3 N–H and O–H groups in total. The first-order chi connectivity index (χ1) is 9.79. The lowest BCUT2D eigenvalue weighted by Crippen LogP contribution is -2.14. The molecule has 0 saturated heterocycles. The van der Waals surface area contributed by atoms with Crippen LogP contribution in [0.15, 0.2) is 41.3 Å². The number of halogens is 1. The molecular weight excluding hydrogens is 308 g/mol. The van der Waals surface area contributed by atoms with E-state index in [-0.39, 0.29) is 4.90 Å². The van der Waals surface area contributed by atoms with E-state index < -0.39 is 10.0 Å². The number of nitrogens with one attached hydrogen (secondary N) is 1. The van der Waals surface area contributed by atoms with Crippen molar-refractivity contribution in [2.45, 2.75) is 25.3 Å². The van der Waals surface area contributed by atoms with Crippen molar-refractivity contribution in [2.75, 3.05) is 5.32 Å². The Bertz CT molecular complexity index is 773. The van der Waals surface area contributed by atoms with Crippen molar-refractivity contribution in [1.82, 2.24) is 0 Å². The minimum absolute atomic E-state index is 0.139. The minimum atomic E-state index is -3.71. The van der Waals surface area contributed by atoms with E-state index in [2.05, 4.69) is 5.32 Å². The van der Waals surface area contributed by atoms with Crippen LogP contribution in [-0.2, 0) is 16.6 Å². The third kappa shape index (κ3) is 3.75. The molecule has 0 unspecified atom stereocenters. The molecule has 6 heteroatoms. The number of aryl methyl sites for hydroxylation is 1. The fraction of sp³-hybridized carbons (Fsp3) is 0.200. The van der Waals surface area contributed by atoms with Gasteiger partial charge in [-0.15, -0.1) is 0 Å². The molecule has 0 fully saturated rings. The summed E-state index contributed by atoms with van der Waals surface area (Å²) in [5, 5.41) is 9.14. The first-order valence-electron chi connectivity index (χ1n) is 6.40. The maximum atomic E-state index is 11.5. The Hall–Kier alpha value is -1.56. The van der Waals surface area contributed by atoms with Gasteiger partial charge in [-0.2, -0.15) is 0 Å². The van der Waals surface area contributed by atoms with E-state index in [0.29, 0.717) is 17.1 Å². The molecular formula is C15H17ClN2O2S. The lowest BCUT2D eigenvalue weighted by Gasteiger charge is -2.13. The van der Waals surface area contributed by atoms with Gasteiger partial charge in [-0.3, -0.25) is 0 Å². The summed E-state index contributed by atoms with van der Waals surface area (Å²) in [5.74, 6) is 0. The van der Waals surface area contributed by atoms with E-state index in [0.717, 1.165) is 16.8 Å². The van der Waals surface area contributed by atoms with Gasteiger partial charge >= 0.3 is 0 Å². The normalized spacial score (nSPS) is 11.4. The molecule has 0 aliphatic rings. The first-order valence-corrected chi connectivity index (χ1v) is 8.33. The largest absolute Gasteiger partial charge is 0.381 e. The van der Waals surface area contributed by atoms with Gasteiger partial charge < -0.3 is 5.32 Å². The van der Waals surface area contributed by atoms with Gasteiger partial charge in [0.1, 0.15) is 0 Å². The van der Waals surface area contributed by atoms with Gasteiger partial charge in [0.2, 0.25) is 10.0 Å². The number of primary sulfonamides is 1. The smallest absolute Gasteiger partial charge is 0.238 e. The summed E-state index contributed by atoms with van der Waals surface area (Å²) in [5.41, 5.74) is 3.54. The quantitative estimate of drug-likeness (QED) is 0.907. The fourth-order valence-corrected chi connectivity index (χ4v) is 3.19. The molecule has 2 aromatic rings. The van der Waals surface area contributed by atoms with E-state index in [1.54, 1.807) is 13.0 Å².